The molecule has 0 N–H and O–H groups in total. The normalized spacial score (nSPS) is 10.3. The summed E-state index contributed by atoms with van der Waals surface area (Å²) in [6.45, 7) is 6.62. The van der Waals surface area contributed by atoms with Gasteiger partial charge in [-0.1, -0.05) is 51.1 Å². The van der Waals surface area contributed by atoms with Crippen LogP contribution in [0.4, 0.5) is 22.0 Å². The molecular weight excluding hydrogens is 509 g/mol. The minimum atomic E-state index is -2.21. The number of hydrogen-bond donors (Lipinski definition) is 0. The van der Waals surface area contributed by atoms with Crippen molar-refractivity contribution in [1.29, 1.82) is 0 Å². The van der Waals surface area contributed by atoms with E-state index in [0.717, 1.165) is 0 Å². The van der Waals surface area contributed by atoms with Crippen LogP contribution in [0, 0.1) is 43.2 Å². The predicted molar refractivity (Wildman–Crippen MR) is 107 cm³/mol. The molecule has 0 amide bonds. The lowest BCUT2D eigenvalue weighted by Gasteiger charge is -2.02. The first-order chi connectivity index (χ1) is 13.6. The monoisotopic (exact) mass is 531 g/mol. The molecule has 3 rings (SSSR count). The van der Waals surface area contributed by atoms with Crippen molar-refractivity contribution in [2.45, 2.75) is 34.1 Å². The molecule has 0 spiro atoms. The zero-order chi connectivity index (χ0) is 21.7. The van der Waals surface area contributed by atoms with Crippen molar-refractivity contribution in [3.63, 3.8) is 0 Å². The largest absolute Gasteiger partial charge is 0.357 e. The Bertz CT molecular complexity index is 865. The van der Waals surface area contributed by atoms with Gasteiger partial charge in [0, 0.05) is 0 Å². The number of benzene rings is 3. The van der Waals surface area contributed by atoms with Gasteiger partial charge in [-0.15, -0.1) is 0 Å². The van der Waals surface area contributed by atoms with Gasteiger partial charge in [0.05, 0.1) is 0 Å². The summed E-state index contributed by atoms with van der Waals surface area (Å²) in [4.78, 5) is 0. The molecule has 30 heavy (non-hydrogen) atoms. The lowest BCUT2D eigenvalue weighted by atomic mass is 9.94. The first-order valence-corrected chi connectivity index (χ1v) is 10.9. The van der Waals surface area contributed by atoms with Gasteiger partial charge in [-0.3, -0.25) is 0 Å². The summed E-state index contributed by atoms with van der Waals surface area (Å²) in [7, 11) is 4.56. The van der Waals surface area contributed by atoms with Crippen molar-refractivity contribution >= 4 is 13.3 Å². The second kappa shape index (κ2) is 11.5. The van der Waals surface area contributed by atoms with Crippen LogP contribution in [0.25, 0.3) is 0 Å². The molecule has 0 aromatic heterocycles. The fourth-order valence-corrected chi connectivity index (χ4v) is 4.41. The van der Waals surface area contributed by atoms with Gasteiger partial charge in [-0.2, -0.15) is 0 Å². The van der Waals surface area contributed by atoms with Crippen molar-refractivity contribution in [1.82, 2.24) is 0 Å². The SMILES string of the molecule is C.Cc1ccc([I+]c2ccc(C(C)C)cc2)cc1.[B]c1c(F)c(F)c(F)c(F)c1F. The molecule has 7 heteroatoms. The summed E-state index contributed by atoms with van der Waals surface area (Å²) in [5, 5.41) is 0. The van der Waals surface area contributed by atoms with E-state index in [1.165, 1.54) is 18.3 Å². The molecule has 158 valence electrons. The molecule has 0 fully saturated rings. The standard InChI is InChI=1S/C16H18I.C6BF5.CH4/c1-12(2)14-6-10-16(11-7-14)17-15-8-4-13(3)5-9-15;7-1-2(8)4(10)6(12)5(11)3(1)9;/h4-12H,1-3H3;;1H4/q+1;;. The quantitative estimate of drug-likeness (QED) is 0.160. The Morgan fingerprint density at radius 2 is 1.03 bits per heavy atom. The number of hydrogen-bond acceptors (Lipinski definition) is 0. The van der Waals surface area contributed by atoms with Crippen molar-refractivity contribution in [2.75, 3.05) is 0 Å². The summed E-state index contributed by atoms with van der Waals surface area (Å²) < 4.78 is 64.1. The van der Waals surface area contributed by atoms with Crippen molar-refractivity contribution in [3.05, 3.63) is 95.9 Å². The maximum atomic E-state index is 12.3. The van der Waals surface area contributed by atoms with Crippen molar-refractivity contribution < 1.29 is 43.2 Å². The van der Waals surface area contributed by atoms with Crippen molar-refractivity contribution in [2.24, 2.45) is 0 Å². The van der Waals surface area contributed by atoms with E-state index in [-0.39, 0.29) is 28.6 Å². The zero-order valence-corrected chi connectivity index (χ0v) is 18.2. The predicted octanol–water partition coefficient (Wildman–Crippen LogP) is 3.06. The topological polar surface area (TPSA) is 0 Å². The van der Waals surface area contributed by atoms with Crippen LogP contribution in [0.5, 0.6) is 0 Å². The molecule has 0 atom stereocenters. The average molecular weight is 531 g/mol. The number of rotatable bonds is 3. The van der Waals surface area contributed by atoms with Crippen molar-refractivity contribution in [3.8, 4) is 0 Å². The second-order valence-corrected chi connectivity index (χ2v) is 9.61. The van der Waals surface area contributed by atoms with Gasteiger partial charge in [-0.25, -0.2) is 22.0 Å². The van der Waals surface area contributed by atoms with Gasteiger partial charge in [0.25, 0.3) is 0 Å². The maximum absolute atomic E-state index is 12.3. The fraction of sp³-hybridized carbons (Fsp3) is 0.217. The summed E-state index contributed by atoms with van der Waals surface area (Å²) in [6.07, 6.45) is 0. The van der Waals surface area contributed by atoms with E-state index < -0.39 is 34.5 Å². The third-order valence-corrected chi connectivity index (χ3v) is 6.69. The van der Waals surface area contributed by atoms with E-state index in [0.29, 0.717) is 5.92 Å². The van der Waals surface area contributed by atoms with Crippen LogP contribution in [0.1, 0.15) is 38.3 Å². The molecule has 0 nitrogen and oxygen atoms in total. The molecule has 2 radical (unpaired) electrons. The molecule has 3 aromatic carbocycles. The summed E-state index contributed by atoms with van der Waals surface area (Å²) in [6, 6.07) is 18.1. The van der Waals surface area contributed by atoms with E-state index in [1.807, 2.05) is 0 Å². The molecule has 0 saturated carbocycles. The molecular formula is C23H22BF5I+. The van der Waals surface area contributed by atoms with E-state index in [1.54, 1.807) is 0 Å². The van der Waals surface area contributed by atoms with Gasteiger partial charge in [0.15, 0.2) is 36.2 Å². The van der Waals surface area contributed by atoms with Crippen LogP contribution >= 0.6 is 0 Å². The Labute approximate surface area is 186 Å². The van der Waals surface area contributed by atoms with Gasteiger partial charge >= 0.3 is 21.2 Å². The van der Waals surface area contributed by atoms with Crippen LogP contribution in [0.3, 0.4) is 0 Å². The molecule has 0 aliphatic carbocycles. The summed E-state index contributed by atoms with van der Waals surface area (Å²) >= 11 is -0.0167. The first kappa shape index (κ1) is 26.1. The minimum absolute atomic E-state index is 0. The lowest BCUT2D eigenvalue weighted by molar-refractivity contribution is -0.597. The molecule has 0 aliphatic rings. The van der Waals surface area contributed by atoms with Crippen LogP contribution in [-0.4, -0.2) is 7.85 Å². The highest BCUT2D eigenvalue weighted by molar-refractivity contribution is 6.32. The molecule has 0 bridgehead atoms. The fourth-order valence-electron chi connectivity index (χ4n) is 2.25. The highest BCUT2D eigenvalue weighted by Gasteiger charge is 2.22. The van der Waals surface area contributed by atoms with Gasteiger partial charge in [0.1, 0.15) is 7.85 Å². The first-order valence-electron chi connectivity index (χ1n) is 8.70. The number of halogens is 6. The van der Waals surface area contributed by atoms with Gasteiger partial charge in [-0.05, 0) is 48.1 Å². The minimum Gasteiger partial charge on any atom is -0.204 e. The van der Waals surface area contributed by atoms with Gasteiger partial charge < -0.3 is 0 Å². The Balaban J connectivity index is 0.000000308. The smallest absolute Gasteiger partial charge is 0.204 e. The maximum Gasteiger partial charge on any atom is 0.357 e. The molecule has 0 unspecified atom stereocenters. The molecule has 0 heterocycles. The molecule has 0 saturated heterocycles. The van der Waals surface area contributed by atoms with E-state index in [4.69, 9.17) is 0 Å². The third kappa shape index (κ3) is 6.55. The summed E-state index contributed by atoms with van der Waals surface area (Å²) in [5.41, 5.74) is 1.40. The Kier molecular flexibility index (Phi) is 10.0. The Morgan fingerprint density at radius 3 is 1.43 bits per heavy atom. The van der Waals surface area contributed by atoms with E-state index >= 15 is 0 Å². The second-order valence-electron chi connectivity index (χ2n) is 6.58. The highest BCUT2D eigenvalue weighted by Crippen LogP contribution is 2.14. The summed E-state index contributed by atoms with van der Waals surface area (Å²) in [5.74, 6) is -9.67. The van der Waals surface area contributed by atoms with Crippen LogP contribution in [-0.2, 0) is 0 Å². The van der Waals surface area contributed by atoms with Crippen LogP contribution in [0.15, 0.2) is 48.5 Å². The highest BCUT2D eigenvalue weighted by atomic mass is 127. The van der Waals surface area contributed by atoms with Gasteiger partial charge in [0.2, 0.25) is 0 Å². The third-order valence-electron chi connectivity index (χ3n) is 4.01. The lowest BCUT2D eigenvalue weighted by Crippen LogP contribution is -3.61. The van der Waals surface area contributed by atoms with Crippen LogP contribution < -0.4 is 26.7 Å². The van der Waals surface area contributed by atoms with E-state index in [2.05, 4.69) is 77.1 Å². The molecule has 3 aromatic rings. The Morgan fingerprint density at radius 1 is 0.667 bits per heavy atom. The zero-order valence-electron chi connectivity index (χ0n) is 16.0. The van der Waals surface area contributed by atoms with Crippen LogP contribution in [0.2, 0.25) is 0 Å². The Hall–Kier alpha value is -1.90. The number of aryl methyl sites for hydroxylation is 1. The van der Waals surface area contributed by atoms with E-state index in [9.17, 15) is 22.0 Å². The molecule has 0 aliphatic heterocycles. The average Bonchev–Trinajstić information content (AvgIpc) is 2.72.